The van der Waals surface area contributed by atoms with Crippen LogP contribution in [0, 0.1) is 17.3 Å². The first kappa shape index (κ1) is 25.8. The van der Waals surface area contributed by atoms with Gasteiger partial charge < -0.3 is 31.4 Å². The summed E-state index contributed by atoms with van der Waals surface area (Å²) >= 11 is 0. The molecule has 176 valence electrons. The maximum absolute atomic E-state index is 11.3. The van der Waals surface area contributed by atoms with E-state index in [1.165, 1.54) is 6.21 Å². The molecule has 0 saturated carbocycles. The molecular formula is C24H34N7O2+. The highest BCUT2D eigenvalue weighted by atomic mass is 16.5. The predicted octanol–water partition coefficient (Wildman–Crippen LogP) is 2.15. The monoisotopic (exact) mass is 452 g/mol. The molecule has 0 atom stereocenters. The minimum absolute atomic E-state index is 0.0541. The van der Waals surface area contributed by atoms with Gasteiger partial charge in [0.1, 0.15) is 11.5 Å². The minimum atomic E-state index is 0.0541. The molecule has 0 fully saturated rings. The lowest BCUT2D eigenvalue weighted by Crippen LogP contribution is -2.73. The van der Waals surface area contributed by atoms with Crippen molar-refractivity contribution < 1.29 is 14.8 Å². The van der Waals surface area contributed by atoms with E-state index in [2.05, 4.69) is 37.8 Å². The zero-order valence-electron chi connectivity index (χ0n) is 19.6. The summed E-state index contributed by atoms with van der Waals surface area (Å²) in [6.07, 6.45) is 5.84. The van der Waals surface area contributed by atoms with Crippen LogP contribution >= 0.6 is 0 Å². The lowest BCUT2D eigenvalue weighted by atomic mass is 10.1. The van der Waals surface area contributed by atoms with Gasteiger partial charge in [-0.05, 0) is 25.0 Å². The van der Waals surface area contributed by atoms with Gasteiger partial charge >= 0.3 is 0 Å². The molecule has 9 nitrogen and oxygen atoms in total. The number of quaternary nitrogens is 1. The van der Waals surface area contributed by atoms with Gasteiger partial charge in [0.25, 0.3) is 0 Å². The van der Waals surface area contributed by atoms with E-state index in [9.17, 15) is 4.79 Å². The quantitative estimate of drug-likeness (QED) is 0.137. The summed E-state index contributed by atoms with van der Waals surface area (Å²) in [6, 6.07) is 5.74. The average Bonchev–Trinajstić information content (AvgIpc) is 2.84. The van der Waals surface area contributed by atoms with E-state index in [1.807, 2.05) is 37.5 Å². The van der Waals surface area contributed by atoms with Crippen molar-refractivity contribution in [2.75, 3.05) is 44.5 Å². The Hall–Kier alpha value is -3.48. The summed E-state index contributed by atoms with van der Waals surface area (Å²) in [6.45, 7) is 3.81. The van der Waals surface area contributed by atoms with Gasteiger partial charge in [0, 0.05) is 57.6 Å². The van der Waals surface area contributed by atoms with Crippen molar-refractivity contribution >= 4 is 35.3 Å². The van der Waals surface area contributed by atoms with Gasteiger partial charge in [-0.3, -0.25) is 4.79 Å². The van der Waals surface area contributed by atoms with Gasteiger partial charge in [0.15, 0.2) is 0 Å². The number of hydrogen-bond donors (Lipinski definition) is 5. The van der Waals surface area contributed by atoms with Crippen LogP contribution in [-0.2, 0) is 9.53 Å². The average molecular weight is 453 g/mol. The Bertz CT molecular complexity index is 983. The van der Waals surface area contributed by atoms with Crippen LogP contribution in [0.15, 0.2) is 24.4 Å². The molecule has 1 amide bonds. The first-order valence-corrected chi connectivity index (χ1v) is 11.2. The Morgan fingerprint density at radius 1 is 1.30 bits per heavy atom. The van der Waals surface area contributed by atoms with Crippen molar-refractivity contribution in [3.63, 3.8) is 0 Å². The molecule has 0 aliphatic carbocycles. The number of anilines is 3. The van der Waals surface area contributed by atoms with Crippen LogP contribution in [0.1, 0.15) is 43.7 Å². The van der Waals surface area contributed by atoms with Gasteiger partial charge in [-0.2, -0.15) is 4.98 Å². The number of rotatable bonds is 13. The Morgan fingerprint density at radius 2 is 2.15 bits per heavy atom. The number of carbonyl (C=O) groups excluding carboxylic acids is 1. The molecule has 6 N–H and O–H groups in total. The number of nitrogens with two attached hydrogens (primary N) is 1. The van der Waals surface area contributed by atoms with Crippen LogP contribution in [-0.4, -0.2) is 55.9 Å². The zero-order chi connectivity index (χ0) is 23.9. The molecule has 0 spiro atoms. The number of nitrogens with zero attached hydrogens (tertiary/aromatic N) is 2. The highest BCUT2D eigenvalue weighted by Gasteiger charge is 2.08. The smallest absolute Gasteiger partial charge is 0.229 e. The molecule has 0 aliphatic heterocycles. The summed E-state index contributed by atoms with van der Waals surface area (Å²) in [4.78, 5) is 20.3. The number of unbranched alkanes of at least 4 members (excludes halogenated alkanes) is 1. The molecule has 0 radical (unpaired) electrons. The number of benzene rings is 1. The molecule has 1 aromatic carbocycles. The van der Waals surface area contributed by atoms with E-state index in [-0.39, 0.29) is 5.91 Å². The van der Waals surface area contributed by atoms with Crippen molar-refractivity contribution in [3.8, 4) is 11.8 Å². The third kappa shape index (κ3) is 8.88. The molecule has 9 heteroatoms. The Morgan fingerprint density at radius 3 is 2.88 bits per heavy atom. The largest absolute Gasteiger partial charge is 0.385 e. The van der Waals surface area contributed by atoms with Crippen LogP contribution in [0.4, 0.5) is 23.1 Å². The van der Waals surface area contributed by atoms with E-state index in [0.29, 0.717) is 44.3 Å². The molecule has 1 aromatic heterocycles. The van der Waals surface area contributed by atoms with E-state index in [4.69, 9.17) is 10.1 Å². The second kappa shape index (κ2) is 14.6. The molecule has 0 aliphatic rings. The minimum Gasteiger partial charge on any atom is -0.385 e. The first-order chi connectivity index (χ1) is 16.1. The summed E-state index contributed by atoms with van der Waals surface area (Å²) in [5.74, 6) is 7.46. The number of carbonyl (C=O) groups is 1. The third-order valence-electron chi connectivity index (χ3n) is 4.76. The SMILES string of the molecule is CCC(=O)NCCCC#Cc1cnc(Nc2ccc(C=N)c([NH2+]C)c2)nc1NCCCOC. The molecule has 2 rings (SSSR count). The third-order valence-corrected chi connectivity index (χ3v) is 4.76. The maximum Gasteiger partial charge on any atom is 0.229 e. The predicted molar refractivity (Wildman–Crippen MR) is 132 cm³/mol. The maximum atomic E-state index is 11.3. The summed E-state index contributed by atoms with van der Waals surface area (Å²) in [7, 11) is 3.62. The van der Waals surface area contributed by atoms with E-state index in [0.717, 1.165) is 35.3 Å². The van der Waals surface area contributed by atoms with E-state index >= 15 is 0 Å². The Kier molecular flexibility index (Phi) is 11.4. The van der Waals surface area contributed by atoms with Crippen molar-refractivity contribution in [1.29, 1.82) is 5.41 Å². The molecule has 0 saturated heterocycles. The second-order valence-electron chi connectivity index (χ2n) is 7.24. The second-order valence-corrected chi connectivity index (χ2v) is 7.24. The fraction of sp³-hybridized carbons (Fsp3) is 0.417. The molecule has 0 bridgehead atoms. The Labute approximate surface area is 195 Å². The molecule has 2 aromatic rings. The van der Waals surface area contributed by atoms with Crippen molar-refractivity contribution in [2.24, 2.45) is 0 Å². The highest BCUT2D eigenvalue weighted by molar-refractivity contribution is 5.84. The molecule has 0 unspecified atom stereocenters. The highest BCUT2D eigenvalue weighted by Crippen LogP contribution is 2.20. The summed E-state index contributed by atoms with van der Waals surface area (Å²) in [5.41, 5.74) is 3.37. The fourth-order valence-corrected chi connectivity index (χ4v) is 2.94. The standard InChI is InChI=1S/C24H33N7O2/c1-4-22(32)27-12-7-5-6-9-19-17-29-24(31-23(19)28-13-8-14-33-3)30-20-11-10-18(16-25)21(15-20)26-2/h10-11,15-17,25-26H,4-5,7-8,12-14H2,1-3H3,(H,27,32)(H2,28,29,30,31)/p+1. The normalized spacial score (nSPS) is 10.2. The van der Waals surface area contributed by atoms with Gasteiger partial charge in [-0.25, -0.2) is 4.98 Å². The summed E-state index contributed by atoms with van der Waals surface area (Å²) < 4.78 is 5.12. The van der Waals surface area contributed by atoms with Gasteiger partial charge in [-0.1, -0.05) is 18.8 Å². The van der Waals surface area contributed by atoms with Crippen LogP contribution in [0.25, 0.3) is 0 Å². The fourth-order valence-electron chi connectivity index (χ4n) is 2.94. The number of ether oxygens (including phenoxy) is 1. The lowest BCUT2D eigenvalue weighted by molar-refractivity contribution is -0.539. The zero-order valence-corrected chi connectivity index (χ0v) is 19.6. The topological polar surface area (TPSA) is 129 Å². The first-order valence-electron chi connectivity index (χ1n) is 11.2. The number of aromatic nitrogens is 2. The van der Waals surface area contributed by atoms with Crippen molar-refractivity contribution in [2.45, 2.75) is 32.6 Å². The number of methoxy groups -OCH3 is 1. The van der Waals surface area contributed by atoms with E-state index in [1.54, 1.807) is 13.3 Å². The number of hydrogen-bond acceptors (Lipinski definition) is 7. The summed E-state index contributed by atoms with van der Waals surface area (Å²) in [5, 5.41) is 18.9. The van der Waals surface area contributed by atoms with Gasteiger partial charge in [-0.15, -0.1) is 0 Å². The number of nitrogens with one attached hydrogen (secondary N) is 4. The Balaban J connectivity index is 2.11. The molecule has 1 heterocycles. The van der Waals surface area contributed by atoms with Crippen LogP contribution in [0.3, 0.4) is 0 Å². The van der Waals surface area contributed by atoms with Gasteiger partial charge in [0.05, 0.1) is 24.4 Å². The van der Waals surface area contributed by atoms with Crippen molar-refractivity contribution in [3.05, 3.63) is 35.5 Å². The molecule has 33 heavy (non-hydrogen) atoms. The number of amides is 1. The van der Waals surface area contributed by atoms with Crippen LogP contribution in [0.5, 0.6) is 0 Å². The van der Waals surface area contributed by atoms with Crippen molar-refractivity contribution in [1.82, 2.24) is 15.3 Å². The lowest BCUT2D eigenvalue weighted by Gasteiger charge is -2.11. The van der Waals surface area contributed by atoms with E-state index < -0.39 is 0 Å². The van der Waals surface area contributed by atoms with Crippen LogP contribution < -0.4 is 21.3 Å². The van der Waals surface area contributed by atoms with Crippen LogP contribution in [0.2, 0.25) is 0 Å². The molecular weight excluding hydrogens is 418 g/mol. The van der Waals surface area contributed by atoms with Gasteiger partial charge in [0.2, 0.25) is 11.9 Å².